The van der Waals surface area contributed by atoms with Gasteiger partial charge in [-0.3, -0.25) is 4.79 Å². The van der Waals surface area contributed by atoms with E-state index < -0.39 is 12.0 Å². The largest absolute Gasteiger partial charge is 0.480 e. The van der Waals surface area contributed by atoms with Crippen molar-refractivity contribution in [2.24, 2.45) is 5.92 Å². The lowest BCUT2D eigenvalue weighted by Gasteiger charge is -2.23. The van der Waals surface area contributed by atoms with E-state index in [1.807, 2.05) is 42.1 Å². The van der Waals surface area contributed by atoms with Crippen LogP contribution in [0.15, 0.2) is 30.3 Å². The number of carbonyl (C=O) groups excluding carboxylic acids is 1. The van der Waals surface area contributed by atoms with E-state index in [0.29, 0.717) is 6.42 Å². The summed E-state index contributed by atoms with van der Waals surface area (Å²) in [5, 5.41) is 11.9. The molecule has 1 aliphatic heterocycles. The summed E-state index contributed by atoms with van der Waals surface area (Å²) in [6, 6.07) is 8.53. The molecule has 2 N–H and O–H groups in total. The molecule has 4 nitrogen and oxygen atoms in total. The summed E-state index contributed by atoms with van der Waals surface area (Å²) in [5.41, 5.74) is 0.916. The van der Waals surface area contributed by atoms with Gasteiger partial charge in [-0.25, -0.2) is 4.79 Å². The number of aliphatic carboxylic acids is 1. The van der Waals surface area contributed by atoms with Crippen molar-refractivity contribution in [3.05, 3.63) is 35.9 Å². The molecule has 2 rings (SSSR count). The van der Waals surface area contributed by atoms with Crippen LogP contribution >= 0.6 is 11.8 Å². The van der Waals surface area contributed by atoms with Crippen molar-refractivity contribution in [2.45, 2.75) is 25.3 Å². The fourth-order valence-electron chi connectivity index (χ4n) is 2.30. The van der Waals surface area contributed by atoms with Gasteiger partial charge in [0.15, 0.2) is 0 Å². The van der Waals surface area contributed by atoms with E-state index in [-0.39, 0.29) is 11.8 Å². The summed E-state index contributed by atoms with van der Waals surface area (Å²) in [5.74, 6) is 0.832. The number of carbonyl (C=O) groups is 2. The molecule has 1 atom stereocenters. The smallest absolute Gasteiger partial charge is 0.326 e. The number of nitrogens with one attached hydrogen (secondary N) is 1. The zero-order valence-electron chi connectivity index (χ0n) is 11.2. The first-order valence-corrected chi connectivity index (χ1v) is 7.97. The SMILES string of the molecule is O=C(N[C@H](Cc1ccccc1)C(=O)O)C1CCSCC1. The number of carboxylic acids is 1. The maximum absolute atomic E-state index is 12.1. The van der Waals surface area contributed by atoms with E-state index in [1.54, 1.807) is 0 Å². The molecular formula is C15H19NO3S. The number of amides is 1. The van der Waals surface area contributed by atoms with Crippen LogP contribution < -0.4 is 5.32 Å². The Balaban J connectivity index is 1.95. The highest BCUT2D eigenvalue weighted by Gasteiger charge is 2.26. The van der Waals surface area contributed by atoms with Crippen LogP contribution in [-0.2, 0) is 16.0 Å². The molecule has 0 aliphatic carbocycles. The van der Waals surface area contributed by atoms with Gasteiger partial charge in [-0.1, -0.05) is 30.3 Å². The Morgan fingerprint density at radius 3 is 2.50 bits per heavy atom. The van der Waals surface area contributed by atoms with Gasteiger partial charge in [-0.05, 0) is 29.9 Å². The first kappa shape index (κ1) is 14.9. The van der Waals surface area contributed by atoms with Gasteiger partial charge in [0.2, 0.25) is 5.91 Å². The summed E-state index contributed by atoms with van der Waals surface area (Å²) in [7, 11) is 0. The predicted octanol–water partition coefficient (Wildman–Crippen LogP) is 1.94. The molecule has 0 spiro atoms. The molecule has 1 heterocycles. The zero-order chi connectivity index (χ0) is 14.4. The molecule has 1 amide bonds. The van der Waals surface area contributed by atoms with Gasteiger partial charge in [-0.2, -0.15) is 11.8 Å². The second kappa shape index (κ2) is 7.33. The molecule has 1 aromatic carbocycles. The summed E-state index contributed by atoms with van der Waals surface area (Å²) in [6.45, 7) is 0. The lowest BCUT2D eigenvalue weighted by atomic mass is 10.00. The van der Waals surface area contributed by atoms with Gasteiger partial charge >= 0.3 is 5.97 Å². The first-order chi connectivity index (χ1) is 9.66. The number of carboxylic acid groups (broad SMARTS) is 1. The monoisotopic (exact) mass is 293 g/mol. The summed E-state index contributed by atoms with van der Waals surface area (Å²) < 4.78 is 0. The van der Waals surface area contributed by atoms with Crippen LogP contribution in [0.5, 0.6) is 0 Å². The Hall–Kier alpha value is -1.49. The van der Waals surface area contributed by atoms with Gasteiger partial charge in [0.1, 0.15) is 6.04 Å². The van der Waals surface area contributed by atoms with Gasteiger partial charge in [0.05, 0.1) is 0 Å². The van der Waals surface area contributed by atoms with Crippen LogP contribution in [0.4, 0.5) is 0 Å². The van der Waals surface area contributed by atoms with Gasteiger partial charge in [0.25, 0.3) is 0 Å². The highest BCUT2D eigenvalue weighted by atomic mass is 32.2. The van der Waals surface area contributed by atoms with Crippen LogP contribution in [0.2, 0.25) is 0 Å². The molecule has 108 valence electrons. The lowest BCUT2D eigenvalue weighted by Crippen LogP contribution is -2.45. The topological polar surface area (TPSA) is 66.4 Å². The molecule has 1 aliphatic rings. The Morgan fingerprint density at radius 1 is 1.25 bits per heavy atom. The van der Waals surface area contributed by atoms with Crippen LogP contribution in [0.3, 0.4) is 0 Å². The number of hydrogen-bond acceptors (Lipinski definition) is 3. The van der Waals surface area contributed by atoms with Gasteiger partial charge in [-0.15, -0.1) is 0 Å². The van der Waals surface area contributed by atoms with Crippen LogP contribution in [0.25, 0.3) is 0 Å². The Kier molecular flexibility index (Phi) is 5.47. The molecule has 0 aromatic heterocycles. The Labute approximate surface area is 123 Å². The highest BCUT2D eigenvalue weighted by molar-refractivity contribution is 7.99. The number of benzene rings is 1. The molecule has 0 radical (unpaired) electrons. The third-order valence-corrected chi connectivity index (χ3v) is 4.54. The summed E-state index contributed by atoms with van der Waals surface area (Å²) >= 11 is 1.85. The minimum Gasteiger partial charge on any atom is -0.480 e. The molecular weight excluding hydrogens is 274 g/mol. The second-order valence-electron chi connectivity index (χ2n) is 4.98. The zero-order valence-corrected chi connectivity index (χ0v) is 12.1. The Morgan fingerprint density at radius 2 is 1.90 bits per heavy atom. The van der Waals surface area contributed by atoms with Crippen molar-refractivity contribution in [3.8, 4) is 0 Å². The maximum atomic E-state index is 12.1. The fourth-order valence-corrected chi connectivity index (χ4v) is 3.41. The fraction of sp³-hybridized carbons (Fsp3) is 0.467. The molecule has 5 heteroatoms. The van der Waals surface area contributed by atoms with Crippen LogP contribution in [-0.4, -0.2) is 34.5 Å². The summed E-state index contributed by atoms with van der Waals surface area (Å²) in [4.78, 5) is 23.4. The van der Waals surface area contributed by atoms with Gasteiger partial charge < -0.3 is 10.4 Å². The predicted molar refractivity (Wildman–Crippen MR) is 79.8 cm³/mol. The standard InChI is InChI=1S/C15H19NO3S/c17-14(12-6-8-20-9-7-12)16-13(15(18)19)10-11-4-2-1-3-5-11/h1-5,12-13H,6-10H2,(H,16,17)(H,18,19)/t13-/m1/s1. The van der Waals surface area contributed by atoms with Crippen molar-refractivity contribution in [1.82, 2.24) is 5.32 Å². The molecule has 1 fully saturated rings. The minimum absolute atomic E-state index is 0.0335. The number of rotatable bonds is 5. The van der Waals surface area contributed by atoms with Crippen molar-refractivity contribution >= 4 is 23.6 Å². The molecule has 20 heavy (non-hydrogen) atoms. The van der Waals surface area contributed by atoms with Crippen molar-refractivity contribution in [1.29, 1.82) is 0 Å². The van der Waals surface area contributed by atoms with Gasteiger partial charge in [0, 0.05) is 12.3 Å². The maximum Gasteiger partial charge on any atom is 0.326 e. The highest BCUT2D eigenvalue weighted by Crippen LogP contribution is 2.22. The average molecular weight is 293 g/mol. The molecule has 1 aromatic rings. The first-order valence-electron chi connectivity index (χ1n) is 6.81. The third-order valence-electron chi connectivity index (χ3n) is 3.49. The van der Waals surface area contributed by atoms with E-state index in [4.69, 9.17) is 0 Å². The Bertz CT molecular complexity index is 457. The molecule has 0 unspecified atom stereocenters. The second-order valence-corrected chi connectivity index (χ2v) is 6.20. The van der Waals surface area contributed by atoms with Crippen molar-refractivity contribution in [2.75, 3.05) is 11.5 Å². The average Bonchev–Trinajstić information content (AvgIpc) is 2.48. The lowest BCUT2D eigenvalue weighted by molar-refractivity contribution is -0.142. The quantitative estimate of drug-likeness (QED) is 0.870. The van der Waals surface area contributed by atoms with E-state index >= 15 is 0 Å². The normalized spacial score (nSPS) is 17.4. The molecule has 0 saturated carbocycles. The summed E-state index contributed by atoms with van der Waals surface area (Å²) in [6.07, 6.45) is 2.01. The minimum atomic E-state index is -0.979. The number of thioether (sulfide) groups is 1. The van der Waals surface area contributed by atoms with E-state index in [1.165, 1.54) is 0 Å². The van der Waals surface area contributed by atoms with Crippen LogP contribution in [0.1, 0.15) is 18.4 Å². The van der Waals surface area contributed by atoms with E-state index in [2.05, 4.69) is 5.32 Å². The molecule has 0 bridgehead atoms. The number of hydrogen-bond donors (Lipinski definition) is 2. The van der Waals surface area contributed by atoms with Crippen LogP contribution in [0, 0.1) is 5.92 Å². The third kappa shape index (κ3) is 4.27. The van der Waals surface area contributed by atoms with E-state index in [0.717, 1.165) is 29.9 Å². The molecule has 1 saturated heterocycles. The van der Waals surface area contributed by atoms with E-state index in [9.17, 15) is 14.7 Å². The van der Waals surface area contributed by atoms with Crippen molar-refractivity contribution < 1.29 is 14.7 Å². The van der Waals surface area contributed by atoms with Crippen molar-refractivity contribution in [3.63, 3.8) is 0 Å².